The molecule has 1 aromatic carbocycles. The highest BCUT2D eigenvalue weighted by Gasteiger charge is 2.27. The molecule has 3 nitrogen and oxygen atoms in total. The van der Waals surface area contributed by atoms with Crippen LogP contribution in [-0.2, 0) is 0 Å². The average Bonchev–Trinajstić information content (AvgIpc) is 2.87. The van der Waals surface area contributed by atoms with E-state index in [1.54, 1.807) is 6.33 Å². The molecule has 1 saturated carbocycles. The van der Waals surface area contributed by atoms with Gasteiger partial charge in [0, 0.05) is 16.7 Å². The van der Waals surface area contributed by atoms with Crippen LogP contribution in [0.1, 0.15) is 26.2 Å². The number of para-hydroxylation sites is 1. The summed E-state index contributed by atoms with van der Waals surface area (Å²) >= 11 is 2.07. The van der Waals surface area contributed by atoms with E-state index < -0.39 is 0 Å². The average molecular weight is 273 g/mol. The van der Waals surface area contributed by atoms with Gasteiger partial charge in [-0.25, -0.2) is 9.97 Å². The van der Waals surface area contributed by atoms with Crippen LogP contribution in [0.5, 0.6) is 0 Å². The normalized spacial score (nSPS) is 22.8. The minimum Gasteiger partial charge on any atom is -0.366 e. The van der Waals surface area contributed by atoms with E-state index in [1.165, 1.54) is 25.0 Å². The summed E-state index contributed by atoms with van der Waals surface area (Å²) in [5, 5.41) is 5.49. The Kier molecular flexibility index (Phi) is 3.87. The van der Waals surface area contributed by atoms with Crippen molar-refractivity contribution in [1.29, 1.82) is 0 Å². The predicted octanol–water partition coefficient (Wildman–Crippen LogP) is 3.72. The number of fused-ring (bicyclic) bond motifs is 1. The molecule has 1 aliphatic rings. The van der Waals surface area contributed by atoms with Crippen molar-refractivity contribution in [2.75, 3.05) is 11.1 Å². The summed E-state index contributed by atoms with van der Waals surface area (Å²) in [7, 11) is 0. The van der Waals surface area contributed by atoms with Gasteiger partial charge in [-0.3, -0.25) is 0 Å². The SMILES string of the molecule is CCSC1CCCC1Nc1ncnc2ccccc12. The van der Waals surface area contributed by atoms with E-state index in [2.05, 4.69) is 40.0 Å². The molecule has 0 radical (unpaired) electrons. The number of thioether (sulfide) groups is 1. The summed E-state index contributed by atoms with van der Waals surface area (Å²) in [6.45, 7) is 2.24. The maximum absolute atomic E-state index is 4.43. The Bertz CT molecular complexity index is 553. The van der Waals surface area contributed by atoms with Gasteiger partial charge in [-0.15, -0.1) is 0 Å². The van der Waals surface area contributed by atoms with Gasteiger partial charge in [0.2, 0.25) is 0 Å². The minimum atomic E-state index is 0.545. The highest BCUT2D eigenvalue weighted by Crippen LogP contribution is 2.32. The number of anilines is 1. The largest absolute Gasteiger partial charge is 0.366 e. The van der Waals surface area contributed by atoms with E-state index in [4.69, 9.17) is 0 Å². The van der Waals surface area contributed by atoms with Crippen molar-refractivity contribution >= 4 is 28.5 Å². The Labute approximate surface area is 118 Å². The van der Waals surface area contributed by atoms with Crippen molar-refractivity contribution in [2.24, 2.45) is 0 Å². The second kappa shape index (κ2) is 5.78. The van der Waals surface area contributed by atoms with Crippen LogP contribution in [0.4, 0.5) is 5.82 Å². The first-order valence-corrected chi connectivity index (χ1v) is 8.01. The lowest BCUT2D eigenvalue weighted by Crippen LogP contribution is -2.26. The molecule has 1 N–H and O–H groups in total. The van der Waals surface area contributed by atoms with E-state index >= 15 is 0 Å². The molecule has 2 atom stereocenters. The van der Waals surface area contributed by atoms with Gasteiger partial charge >= 0.3 is 0 Å². The lowest BCUT2D eigenvalue weighted by Gasteiger charge is -2.21. The molecule has 0 aliphatic heterocycles. The van der Waals surface area contributed by atoms with Gasteiger partial charge in [0.1, 0.15) is 12.1 Å². The van der Waals surface area contributed by atoms with E-state index in [1.807, 2.05) is 18.2 Å². The zero-order valence-electron chi connectivity index (χ0n) is 11.2. The first-order valence-electron chi connectivity index (χ1n) is 6.96. The topological polar surface area (TPSA) is 37.8 Å². The Morgan fingerprint density at radius 2 is 2.16 bits per heavy atom. The first kappa shape index (κ1) is 12.7. The van der Waals surface area contributed by atoms with Crippen LogP contribution in [0.3, 0.4) is 0 Å². The molecule has 0 amide bonds. The lowest BCUT2D eigenvalue weighted by atomic mass is 10.2. The van der Waals surface area contributed by atoms with Crippen molar-refractivity contribution in [3.8, 4) is 0 Å². The van der Waals surface area contributed by atoms with Crippen LogP contribution < -0.4 is 5.32 Å². The zero-order valence-corrected chi connectivity index (χ0v) is 12.0. The number of hydrogen-bond donors (Lipinski definition) is 1. The summed E-state index contributed by atoms with van der Waals surface area (Å²) in [5.41, 5.74) is 1.01. The van der Waals surface area contributed by atoms with Crippen molar-refractivity contribution in [3.63, 3.8) is 0 Å². The molecular formula is C15H19N3S. The van der Waals surface area contributed by atoms with E-state index in [9.17, 15) is 0 Å². The molecule has 3 rings (SSSR count). The van der Waals surface area contributed by atoms with Gasteiger partial charge in [0.15, 0.2) is 0 Å². The number of benzene rings is 1. The predicted molar refractivity (Wildman–Crippen MR) is 82.7 cm³/mol. The summed E-state index contributed by atoms with van der Waals surface area (Å²) in [5.74, 6) is 2.17. The summed E-state index contributed by atoms with van der Waals surface area (Å²) in [6, 6.07) is 8.74. The van der Waals surface area contributed by atoms with Crippen LogP contribution in [0.2, 0.25) is 0 Å². The molecule has 2 aromatic rings. The molecule has 4 heteroatoms. The summed E-state index contributed by atoms with van der Waals surface area (Å²) in [6.07, 6.45) is 5.54. The van der Waals surface area contributed by atoms with Gasteiger partial charge in [-0.1, -0.05) is 25.5 Å². The standard InChI is InChI=1S/C15H19N3S/c1-2-19-14-9-5-8-13(14)18-15-11-6-3-4-7-12(11)16-10-17-15/h3-4,6-7,10,13-14H,2,5,8-9H2,1H3,(H,16,17,18). The Morgan fingerprint density at radius 1 is 1.26 bits per heavy atom. The van der Waals surface area contributed by atoms with Gasteiger partial charge in [-0.2, -0.15) is 11.8 Å². The van der Waals surface area contributed by atoms with Gasteiger partial charge in [0.05, 0.1) is 5.52 Å². The second-order valence-electron chi connectivity index (χ2n) is 4.91. The zero-order chi connectivity index (χ0) is 13.1. The fourth-order valence-electron chi connectivity index (χ4n) is 2.80. The molecule has 1 heterocycles. The van der Waals surface area contributed by atoms with Gasteiger partial charge < -0.3 is 5.32 Å². The van der Waals surface area contributed by atoms with Crippen LogP contribution in [0, 0.1) is 0 Å². The maximum Gasteiger partial charge on any atom is 0.137 e. The maximum atomic E-state index is 4.43. The van der Waals surface area contributed by atoms with E-state index in [0.29, 0.717) is 6.04 Å². The molecule has 0 bridgehead atoms. The highest BCUT2D eigenvalue weighted by atomic mass is 32.2. The Morgan fingerprint density at radius 3 is 3.05 bits per heavy atom. The summed E-state index contributed by atoms with van der Waals surface area (Å²) in [4.78, 5) is 8.75. The monoisotopic (exact) mass is 273 g/mol. The minimum absolute atomic E-state index is 0.545. The van der Waals surface area contributed by atoms with Crippen LogP contribution in [0.25, 0.3) is 10.9 Å². The fourth-order valence-corrected chi connectivity index (χ4v) is 4.00. The van der Waals surface area contributed by atoms with Crippen LogP contribution in [-0.4, -0.2) is 27.0 Å². The number of nitrogens with one attached hydrogen (secondary N) is 1. The Balaban J connectivity index is 1.85. The van der Waals surface area contributed by atoms with Gasteiger partial charge in [-0.05, 0) is 30.7 Å². The molecular weight excluding hydrogens is 254 g/mol. The van der Waals surface area contributed by atoms with E-state index in [0.717, 1.165) is 22.0 Å². The first-order chi connectivity index (χ1) is 9.38. The lowest BCUT2D eigenvalue weighted by molar-refractivity contribution is 0.763. The number of rotatable bonds is 4. The molecule has 1 fully saturated rings. The molecule has 19 heavy (non-hydrogen) atoms. The molecule has 1 aromatic heterocycles. The van der Waals surface area contributed by atoms with Crippen molar-refractivity contribution in [3.05, 3.63) is 30.6 Å². The van der Waals surface area contributed by atoms with Crippen molar-refractivity contribution in [1.82, 2.24) is 9.97 Å². The molecule has 0 saturated heterocycles. The quantitative estimate of drug-likeness (QED) is 0.921. The molecule has 1 aliphatic carbocycles. The molecule has 0 spiro atoms. The highest BCUT2D eigenvalue weighted by molar-refractivity contribution is 7.99. The van der Waals surface area contributed by atoms with E-state index in [-0.39, 0.29) is 0 Å². The van der Waals surface area contributed by atoms with Gasteiger partial charge in [0.25, 0.3) is 0 Å². The second-order valence-corrected chi connectivity index (χ2v) is 6.43. The number of hydrogen-bond acceptors (Lipinski definition) is 4. The van der Waals surface area contributed by atoms with Crippen molar-refractivity contribution in [2.45, 2.75) is 37.5 Å². The fraction of sp³-hybridized carbons (Fsp3) is 0.467. The van der Waals surface area contributed by atoms with Crippen LogP contribution >= 0.6 is 11.8 Å². The third-order valence-corrected chi connectivity index (χ3v) is 5.02. The molecule has 100 valence electrons. The third kappa shape index (κ3) is 2.68. The smallest absolute Gasteiger partial charge is 0.137 e. The van der Waals surface area contributed by atoms with Crippen molar-refractivity contribution < 1.29 is 0 Å². The number of aromatic nitrogens is 2. The molecule has 2 unspecified atom stereocenters. The summed E-state index contributed by atoms with van der Waals surface area (Å²) < 4.78 is 0. The number of nitrogens with zero attached hydrogens (tertiary/aromatic N) is 2. The third-order valence-electron chi connectivity index (χ3n) is 3.70. The van der Waals surface area contributed by atoms with Crippen LogP contribution in [0.15, 0.2) is 30.6 Å². The Hall–Kier alpha value is -1.29.